The van der Waals surface area contributed by atoms with Gasteiger partial charge < -0.3 is 10.4 Å². The molecule has 0 unspecified atom stereocenters. The summed E-state index contributed by atoms with van der Waals surface area (Å²) in [7, 11) is -3.24. The normalized spacial score (nSPS) is 37.9. The van der Waals surface area contributed by atoms with Gasteiger partial charge in [0.1, 0.15) is 0 Å². The smallest absolute Gasteiger partial charge is 0.335 e. The molecule has 2 aromatic rings. The van der Waals surface area contributed by atoms with Crippen LogP contribution >= 0.6 is 0 Å². The molecule has 282 valence electrons. The summed E-state index contributed by atoms with van der Waals surface area (Å²) in [5.41, 5.74) is 6.12. The number of aryl methyl sites for hydroxylation is 1. The first kappa shape index (κ1) is 37.5. The predicted octanol–water partition coefficient (Wildman–Crippen LogP) is 9.81. The second-order valence-corrected chi connectivity index (χ2v) is 21.1. The number of pyridine rings is 1. The van der Waals surface area contributed by atoms with Crippen LogP contribution in [0.1, 0.15) is 127 Å². The van der Waals surface area contributed by atoms with Crippen molar-refractivity contribution in [3.05, 3.63) is 77.6 Å². The minimum Gasteiger partial charge on any atom is -0.478 e. The highest BCUT2D eigenvalue weighted by Gasteiger charge is 2.70. The number of aromatic nitrogens is 1. The average Bonchev–Trinajstić information content (AvgIpc) is 3.47. The molecule has 2 N–H and O–H groups in total. The van der Waals surface area contributed by atoms with E-state index in [2.05, 4.69) is 64.5 Å². The Balaban J connectivity index is 1.12. The number of aromatic carboxylic acids is 1. The molecule has 0 saturated heterocycles. The summed E-state index contributed by atoms with van der Waals surface area (Å²) in [6, 6.07) is 11.1. The summed E-state index contributed by atoms with van der Waals surface area (Å²) in [5, 5.41) is 13.7. The lowest BCUT2D eigenvalue weighted by molar-refractivity contribution is -0.219. The third-order valence-corrected chi connectivity index (χ3v) is 17.5. The molecule has 1 aromatic heterocycles. The molecular weight excluding hydrogens is 665 g/mol. The molecule has 0 aliphatic heterocycles. The average molecular weight is 727 g/mol. The van der Waals surface area contributed by atoms with Crippen LogP contribution in [0.4, 0.5) is 0 Å². The lowest BCUT2D eigenvalue weighted by Crippen LogP contribution is -2.68. The monoisotopic (exact) mass is 726 g/mol. The highest BCUT2D eigenvalue weighted by atomic mass is 32.2. The van der Waals surface area contributed by atoms with Crippen LogP contribution in [0.25, 0.3) is 5.57 Å². The van der Waals surface area contributed by atoms with E-state index in [-0.39, 0.29) is 32.1 Å². The van der Waals surface area contributed by atoms with Gasteiger partial charge in [-0.1, -0.05) is 65.0 Å². The maximum Gasteiger partial charge on any atom is 0.335 e. The lowest BCUT2D eigenvalue weighted by atomic mass is 9.33. The molecule has 0 bridgehead atoms. The van der Waals surface area contributed by atoms with Crippen molar-refractivity contribution < 1.29 is 18.3 Å². The number of carboxylic acid groups (broad SMARTS) is 1. The molecule has 6 nitrogen and oxygen atoms in total. The van der Waals surface area contributed by atoms with E-state index in [0.29, 0.717) is 35.2 Å². The summed E-state index contributed by atoms with van der Waals surface area (Å²) < 4.78 is 23.8. The van der Waals surface area contributed by atoms with Gasteiger partial charge in [0.15, 0.2) is 9.84 Å². The first-order valence-electron chi connectivity index (χ1n) is 20.0. The SMILES string of the molecule is C=C(C)[C@@H]1CC[C@]2(NCCCc3ccc(S(C)(=O)=O)cn3)CC[C@]3(C)[C@H](CC[C@@H]4[C@@]5(C)CC=C(c6ccc(C(=O)O)cc6)C(C)(C)[C@@H]5CC[C@]43C)[C@@H]12. The Morgan fingerprint density at radius 1 is 0.923 bits per heavy atom. The van der Waals surface area contributed by atoms with Crippen LogP contribution < -0.4 is 5.32 Å². The van der Waals surface area contributed by atoms with Crippen LogP contribution in [0.5, 0.6) is 0 Å². The van der Waals surface area contributed by atoms with Gasteiger partial charge in [-0.25, -0.2) is 13.2 Å². The Bertz CT molecular complexity index is 1860. The molecule has 9 atom stereocenters. The fourth-order valence-electron chi connectivity index (χ4n) is 13.7. The Hall–Kier alpha value is -2.77. The molecule has 5 aliphatic carbocycles. The van der Waals surface area contributed by atoms with Crippen LogP contribution in [0.15, 0.2) is 65.7 Å². The molecule has 4 saturated carbocycles. The van der Waals surface area contributed by atoms with E-state index in [1.165, 1.54) is 80.5 Å². The van der Waals surface area contributed by atoms with Crippen molar-refractivity contribution >= 4 is 21.4 Å². The molecule has 52 heavy (non-hydrogen) atoms. The highest BCUT2D eigenvalue weighted by molar-refractivity contribution is 7.90. The number of carbonyl (C=O) groups is 1. The van der Waals surface area contributed by atoms with Crippen molar-refractivity contribution in [3.8, 4) is 0 Å². The number of hydrogen-bond acceptors (Lipinski definition) is 5. The van der Waals surface area contributed by atoms with Crippen LogP contribution in [0.3, 0.4) is 0 Å². The largest absolute Gasteiger partial charge is 0.478 e. The van der Waals surface area contributed by atoms with Gasteiger partial charge in [0, 0.05) is 23.7 Å². The van der Waals surface area contributed by atoms with Crippen LogP contribution in [-0.4, -0.2) is 42.8 Å². The van der Waals surface area contributed by atoms with Gasteiger partial charge in [-0.05, 0) is 171 Å². The van der Waals surface area contributed by atoms with Gasteiger partial charge in [-0.2, -0.15) is 0 Å². The third-order valence-electron chi connectivity index (χ3n) is 16.4. The van der Waals surface area contributed by atoms with Gasteiger partial charge in [-0.3, -0.25) is 4.98 Å². The summed E-state index contributed by atoms with van der Waals surface area (Å²) in [4.78, 5) is 16.3. The standard InChI is InChI=1S/C45H62N2O4S/c1-29(2)34-19-24-45(47-27-9-10-32-15-16-33(28-46-32)52(8,50)51)26-25-43(6)36(39(34)45)17-18-38-42(5)22-20-35(30-11-13-31(14-12-30)40(48)49)41(3,4)37(42)21-23-44(38,43)7/h11-16,20,28,34,36-39,47H,1,9-10,17-19,21-27H2,2-8H3,(H,48,49)/t34-,36+,37-,38+,39+,42-,43+,44+,45-/m0/s1. The molecule has 0 spiro atoms. The number of nitrogens with one attached hydrogen (secondary N) is 1. The third kappa shape index (κ3) is 5.77. The van der Waals surface area contributed by atoms with Crippen LogP contribution in [0.2, 0.25) is 0 Å². The van der Waals surface area contributed by atoms with E-state index < -0.39 is 15.8 Å². The molecule has 7 heteroatoms. The molecule has 1 heterocycles. The zero-order valence-electron chi connectivity index (χ0n) is 32.7. The first-order chi connectivity index (χ1) is 24.4. The second kappa shape index (κ2) is 12.9. The van der Waals surface area contributed by atoms with Crippen molar-refractivity contribution in [2.75, 3.05) is 12.8 Å². The number of nitrogens with zero attached hydrogens (tertiary/aromatic N) is 1. The van der Waals surface area contributed by atoms with Gasteiger partial charge in [0.25, 0.3) is 0 Å². The fourth-order valence-corrected chi connectivity index (χ4v) is 14.3. The van der Waals surface area contributed by atoms with Gasteiger partial charge in [0.05, 0.1) is 10.5 Å². The zero-order valence-corrected chi connectivity index (χ0v) is 33.5. The minimum absolute atomic E-state index is 0.00419. The Morgan fingerprint density at radius 2 is 1.65 bits per heavy atom. The Morgan fingerprint density at radius 3 is 2.29 bits per heavy atom. The number of rotatable bonds is 9. The van der Waals surface area contributed by atoms with Crippen molar-refractivity contribution in [2.45, 2.75) is 123 Å². The van der Waals surface area contributed by atoms with Crippen LogP contribution in [0, 0.1) is 51.2 Å². The fraction of sp³-hybridized carbons (Fsp3) is 0.644. The Kier molecular flexibility index (Phi) is 9.33. The number of fused-ring (bicyclic) bond motifs is 7. The highest BCUT2D eigenvalue weighted by Crippen LogP contribution is 2.76. The van der Waals surface area contributed by atoms with Gasteiger partial charge in [-0.15, -0.1) is 0 Å². The summed E-state index contributed by atoms with van der Waals surface area (Å²) >= 11 is 0. The van der Waals surface area contributed by atoms with Gasteiger partial charge in [0.2, 0.25) is 0 Å². The summed E-state index contributed by atoms with van der Waals surface area (Å²) in [6.07, 6.45) is 18.2. The molecular formula is C45H62N2O4S. The van der Waals surface area contributed by atoms with Crippen LogP contribution in [-0.2, 0) is 16.3 Å². The molecule has 5 aliphatic rings. The molecule has 7 rings (SSSR count). The number of hydrogen-bond donors (Lipinski definition) is 2. The minimum atomic E-state index is -3.24. The van der Waals surface area contributed by atoms with E-state index in [1.807, 2.05) is 18.2 Å². The first-order valence-corrected chi connectivity index (χ1v) is 21.9. The number of carboxylic acids is 1. The number of benzene rings is 1. The maximum absolute atomic E-state index is 11.9. The van der Waals surface area contributed by atoms with E-state index >= 15 is 0 Å². The van der Waals surface area contributed by atoms with Crippen molar-refractivity contribution in [1.82, 2.24) is 10.3 Å². The van der Waals surface area contributed by atoms with E-state index in [0.717, 1.165) is 31.5 Å². The molecule has 0 radical (unpaired) electrons. The van der Waals surface area contributed by atoms with E-state index in [9.17, 15) is 18.3 Å². The second-order valence-electron chi connectivity index (χ2n) is 19.1. The van der Waals surface area contributed by atoms with Gasteiger partial charge >= 0.3 is 5.97 Å². The van der Waals surface area contributed by atoms with E-state index in [1.54, 1.807) is 18.2 Å². The number of allylic oxidation sites excluding steroid dienone is 3. The lowest BCUT2D eigenvalue weighted by Gasteiger charge is -2.72. The summed E-state index contributed by atoms with van der Waals surface area (Å²) in [5.74, 6) is 2.19. The summed E-state index contributed by atoms with van der Waals surface area (Å²) in [6.45, 7) is 20.8. The molecule has 0 amide bonds. The Labute approximate surface area is 313 Å². The van der Waals surface area contributed by atoms with Crippen molar-refractivity contribution in [2.24, 2.45) is 51.2 Å². The van der Waals surface area contributed by atoms with E-state index in [4.69, 9.17) is 0 Å². The van der Waals surface area contributed by atoms with Crippen molar-refractivity contribution in [3.63, 3.8) is 0 Å². The zero-order chi connectivity index (χ0) is 37.5. The number of sulfone groups is 1. The molecule has 1 aromatic carbocycles. The van der Waals surface area contributed by atoms with Crippen molar-refractivity contribution in [1.29, 1.82) is 0 Å². The predicted molar refractivity (Wildman–Crippen MR) is 210 cm³/mol. The quantitative estimate of drug-likeness (QED) is 0.197. The maximum atomic E-state index is 11.9. The molecule has 4 fully saturated rings. The topological polar surface area (TPSA) is 96.4 Å².